The largest absolute Gasteiger partial charge is 0.510 e. The Morgan fingerprint density at radius 3 is 2.41 bits per heavy atom. The summed E-state index contributed by atoms with van der Waals surface area (Å²) in [6.45, 7) is 0. The number of fused-ring (bicyclic) bond motifs is 3. The maximum absolute atomic E-state index is 14.1. The topological polar surface area (TPSA) is 178 Å². The minimum Gasteiger partial charge on any atom is -0.510 e. The fourth-order valence-corrected chi connectivity index (χ4v) is 6.44. The van der Waals surface area contributed by atoms with Crippen molar-refractivity contribution in [1.29, 1.82) is 0 Å². The van der Waals surface area contributed by atoms with Crippen molar-refractivity contribution in [3.8, 4) is 16.9 Å². The van der Waals surface area contributed by atoms with Gasteiger partial charge in [0.25, 0.3) is 5.91 Å². The molecule has 5 rings (SSSR count). The van der Waals surface area contributed by atoms with Crippen molar-refractivity contribution in [2.24, 2.45) is 17.6 Å². The second kappa shape index (κ2) is 8.92. The summed E-state index contributed by atoms with van der Waals surface area (Å²) in [6, 6.07) is 4.17. The van der Waals surface area contributed by atoms with E-state index >= 15 is 0 Å². The second-order valence-corrected chi connectivity index (χ2v) is 10.7. The third-order valence-electron chi connectivity index (χ3n) is 8.15. The lowest BCUT2D eigenvalue weighted by molar-refractivity contribution is -0.148. The molecule has 11 heteroatoms. The number of hydrogen-bond donors (Lipinski definition) is 5. The van der Waals surface area contributed by atoms with Gasteiger partial charge in [-0.05, 0) is 50.6 Å². The van der Waals surface area contributed by atoms with E-state index in [4.69, 9.17) is 5.73 Å². The van der Waals surface area contributed by atoms with Crippen molar-refractivity contribution in [2.75, 3.05) is 33.1 Å². The fourth-order valence-electron chi connectivity index (χ4n) is 6.44. The van der Waals surface area contributed by atoms with Crippen LogP contribution in [0, 0.1) is 11.8 Å². The highest BCUT2D eigenvalue weighted by Gasteiger charge is 2.63. The molecule has 1 aromatic heterocycles. The number of carbonyl (C=O) groups is 3. The Balaban J connectivity index is 1.76. The number of aliphatic hydroxyl groups excluding tert-OH is 2. The molecule has 1 heterocycles. The van der Waals surface area contributed by atoms with Gasteiger partial charge < -0.3 is 31.1 Å². The van der Waals surface area contributed by atoms with Gasteiger partial charge in [0.05, 0.1) is 11.6 Å². The molecule has 0 saturated heterocycles. The average molecular weight is 535 g/mol. The molecule has 2 aromatic rings. The lowest BCUT2D eigenvalue weighted by Gasteiger charge is -2.50. The number of Topliss-reactive ketones (excluding diaryl/α,β-unsaturated/α-hetero) is 2. The number of rotatable bonds is 4. The van der Waals surface area contributed by atoms with Crippen molar-refractivity contribution in [3.63, 3.8) is 0 Å². The first-order valence-electron chi connectivity index (χ1n) is 12.4. The molecule has 0 saturated carbocycles. The normalized spacial score (nSPS) is 26.4. The Kier molecular flexibility index (Phi) is 6.04. The van der Waals surface area contributed by atoms with Crippen LogP contribution in [-0.4, -0.2) is 87.6 Å². The van der Waals surface area contributed by atoms with Gasteiger partial charge in [-0.15, -0.1) is 0 Å². The zero-order valence-corrected chi connectivity index (χ0v) is 22.0. The van der Waals surface area contributed by atoms with Crippen LogP contribution in [0.15, 0.2) is 53.3 Å². The first kappa shape index (κ1) is 26.4. The van der Waals surface area contributed by atoms with Crippen LogP contribution in [0.4, 0.5) is 5.69 Å². The number of primary amides is 1. The van der Waals surface area contributed by atoms with Gasteiger partial charge in [0.2, 0.25) is 5.78 Å². The number of nitrogens with two attached hydrogens (primary N) is 1. The molecular weight excluding hydrogens is 504 g/mol. The predicted molar refractivity (Wildman–Crippen MR) is 141 cm³/mol. The molecule has 0 aliphatic heterocycles. The van der Waals surface area contributed by atoms with Crippen molar-refractivity contribution in [3.05, 3.63) is 64.4 Å². The molecule has 4 atom stereocenters. The molecule has 0 fully saturated rings. The molecule has 0 radical (unpaired) electrons. The van der Waals surface area contributed by atoms with Crippen LogP contribution in [0.25, 0.3) is 11.1 Å². The number of hydrogen-bond acceptors (Lipinski definition) is 10. The Morgan fingerprint density at radius 1 is 1.15 bits per heavy atom. The minimum absolute atomic E-state index is 0.0315. The number of anilines is 1. The number of likely N-dealkylation sites (N-methyl/N-ethyl adjacent to an activating group) is 1. The van der Waals surface area contributed by atoms with Gasteiger partial charge in [0.1, 0.15) is 22.8 Å². The average Bonchev–Trinajstić information content (AvgIpc) is 2.86. The molecular formula is C28H30N4O7. The third-order valence-corrected chi connectivity index (χ3v) is 8.15. The maximum Gasteiger partial charge on any atom is 0.255 e. The van der Waals surface area contributed by atoms with E-state index in [1.165, 1.54) is 4.90 Å². The van der Waals surface area contributed by atoms with E-state index in [0.29, 0.717) is 22.4 Å². The molecule has 6 N–H and O–H groups in total. The number of allylic oxidation sites excluding steroid dienone is 1. The summed E-state index contributed by atoms with van der Waals surface area (Å²) >= 11 is 0. The lowest BCUT2D eigenvalue weighted by Crippen LogP contribution is -2.63. The SMILES string of the molecule is CN(C)c1cc(-c2cccnc2)c(O)c2c1CC1CC3[C@H](N(C)C)C(O)=C(C(N)=O)C(=O)[C@@]3(O)C(O)=C1C2=O. The number of pyridine rings is 1. The van der Waals surface area contributed by atoms with Crippen molar-refractivity contribution >= 4 is 23.2 Å². The molecule has 1 aromatic carbocycles. The summed E-state index contributed by atoms with van der Waals surface area (Å²) in [5, 5.41) is 45.5. The van der Waals surface area contributed by atoms with E-state index in [0.717, 1.165) is 0 Å². The summed E-state index contributed by atoms with van der Waals surface area (Å²) in [7, 11) is 6.80. The zero-order chi connectivity index (χ0) is 28.5. The molecule has 0 bridgehead atoms. The summed E-state index contributed by atoms with van der Waals surface area (Å²) in [5.41, 5.74) is 3.80. The van der Waals surface area contributed by atoms with Gasteiger partial charge in [-0.3, -0.25) is 24.3 Å². The Bertz CT molecular complexity index is 1490. The van der Waals surface area contributed by atoms with Gasteiger partial charge in [-0.2, -0.15) is 0 Å². The van der Waals surface area contributed by atoms with Crippen molar-refractivity contribution in [2.45, 2.75) is 24.5 Å². The Hall–Kier alpha value is -4.22. The van der Waals surface area contributed by atoms with Crippen LogP contribution in [0.5, 0.6) is 5.75 Å². The van der Waals surface area contributed by atoms with E-state index in [1.54, 1.807) is 44.7 Å². The Labute approximate surface area is 224 Å². The number of nitrogens with zero attached hydrogens (tertiary/aromatic N) is 3. The highest BCUT2D eigenvalue weighted by atomic mass is 16.3. The number of aromatic nitrogens is 1. The van der Waals surface area contributed by atoms with Crippen LogP contribution in [0.1, 0.15) is 22.3 Å². The smallest absolute Gasteiger partial charge is 0.255 e. The standard InChI is InChI=1S/C28H30N4O7/c1-31(2)17-10-14(12-6-5-7-30-11-12)22(33)19-15(17)8-13-9-16-21(32(3)4)24(35)20(27(29)38)26(37)28(16,39)25(36)18(13)23(19)34/h5-7,10-11,13,16,21,33,35-36,39H,8-9H2,1-4H3,(H2,29,38)/t13?,16?,21-,28-/m0/s1. The summed E-state index contributed by atoms with van der Waals surface area (Å²) in [5.74, 6) is -6.76. The third kappa shape index (κ3) is 3.57. The van der Waals surface area contributed by atoms with E-state index in [2.05, 4.69) is 4.98 Å². The molecule has 204 valence electrons. The molecule has 0 spiro atoms. The number of amides is 1. The molecule has 11 nitrogen and oxygen atoms in total. The molecule has 39 heavy (non-hydrogen) atoms. The van der Waals surface area contributed by atoms with E-state index < -0.39 is 58.0 Å². The molecule has 2 unspecified atom stereocenters. The van der Waals surface area contributed by atoms with Gasteiger partial charge in [-0.1, -0.05) is 6.07 Å². The number of benzene rings is 1. The quantitative estimate of drug-likeness (QED) is 0.359. The number of phenolic OH excluding ortho intramolecular Hbond substituents is 1. The molecule has 1 amide bonds. The highest BCUT2D eigenvalue weighted by Crippen LogP contribution is 2.54. The molecule has 3 aliphatic rings. The van der Waals surface area contributed by atoms with E-state index in [1.807, 2.05) is 19.0 Å². The molecule has 3 aliphatic carbocycles. The highest BCUT2D eigenvalue weighted by molar-refractivity contribution is 6.25. The summed E-state index contributed by atoms with van der Waals surface area (Å²) in [6.07, 6.45) is 3.37. The van der Waals surface area contributed by atoms with Crippen LogP contribution in [0.3, 0.4) is 0 Å². The van der Waals surface area contributed by atoms with Crippen LogP contribution in [-0.2, 0) is 16.0 Å². The summed E-state index contributed by atoms with van der Waals surface area (Å²) < 4.78 is 0. The number of ketones is 2. The first-order valence-corrected chi connectivity index (χ1v) is 12.4. The van der Waals surface area contributed by atoms with Crippen LogP contribution >= 0.6 is 0 Å². The number of aliphatic hydroxyl groups is 3. The summed E-state index contributed by atoms with van der Waals surface area (Å²) in [4.78, 5) is 47.1. The number of phenols is 1. The Morgan fingerprint density at radius 2 is 1.85 bits per heavy atom. The zero-order valence-electron chi connectivity index (χ0n) is 22.0. The van der Waals surface area contributed by atoms with Gasteiger partial charge in [-0.25, -0.2) is 0 Å². The fraction of sp³-hybridized carbons (Fsp3) is 0.357. The van der Waals surface area contributed by atoms with Gasteiger partial charge >= 0.3 is 0 Å². The minimum atomic E-state index is -2.68. The van der Waals surface area contributed by atoms with Gasteiger partial charge in [0, 0.05) is 54.8 Å². The van der Waals surface area contributed by atoms with Crippen LogP contribution in [0.2, 0.25) is 0 Å². The first-order chi connectivity index (χ1) is 18.3. The second-order valence-electron chi connectivity index (χ2n) is 10.7. The number of aromatic hydroxyl groups is 1. The van der Waals surface area contributed by atoms with E-state index in [9.17, 15) is 34.8 Å². The monoisotopic (exact) mass is 534 g/mol. The van der Waals surface area contributed by atoms with Crippen LogP contribution < -0.4 is 10.6 Å². The van der Waals surface area contributed by atoms with Crippen molar-refractivity contribution in [1.82, 2.24) is 9.88 Å². The predicted octanol–water partition coefficient (Wildman–Crippen LogP) is 1.25. The van der Waals surface area contributed by atoms with Crippen molar-refractivity contribution < 1.29 is 34.8 Å². The van der Waals surface area contributed by atoms with E-state index in [-0.39, 0.29) is 29.7 Å². The van der Waals surface area contributed by atoms with Gasteiger partial charge in [0.15, 0.2) is 11.4 Å². The number of carbonyl (C=O) groups excluding carboxylic acids is 3. The maximum atomic E-state index is 14.1. The lowest BCUT2D eigenvalue weighted by atomic mass is 9.58.